The SMILES string of the molecule is CC(=O)Nc1ccc(S(=O)(=O)Nc2cnc(N3CCOCC3)nc2)cc1. The normalized spacial score (nSPS) is 14.7. The standard InChI is InChI=1S/C16H19N5O4S/c1-12(22)19-13-2-4-15(5-3-13)26(23,24)20-14-10-17-16(18-11-14)21-6-8-25-9-7-21/h2-5,10-11,20H,6-9H2,1H3,(H,19,22). The number of hydrogen-bond donors (Lipinski definition) is 2. The number of carbonyl (C=O) groups excluding carboxylic acids is 1. The summed E-state index contributed by atoms with van der Waals surface area (Å²) < 4.78 is 32.6. The zero-order valence-corrected chi connectivity index (χ0v) is 15.0. The Balaban J connectivity index is 1.69. The largest absolute Gasteiger partial charge is 0.378 e. The third-order valence-corrected chi connectivity index (χ3v) is 5.07. The van der Waals surface area contributed by atoms with Gasteiger partial charge in [-0.25, -0.2) is 18.4 Å². The van der Waals surface area contributed by atoms with Crippen LogP contribution in [-0.2, 0) is 19.6 Å². The molecular formula is C16H19N5O4S. The Bertz CT molecular complexity index is 863. The number of nitrogens with one attached hydrogen (secondary N) is 2. The van der Waals surface area contributed by atoms with Crippen molar-refractivity contribution in [2.45, 2.75) is 11.8 Å². The lowest BCUT2D eigenvalue weighted by molar-refractivity contribution is -0.114. The molecule has 1 aromatic heterocycles. The van der Waals surface area contributed by atoms with Crippen molar-refractivity contribution in [3.05, 3.63) is 36.7 Å². The van der Waals surface area contributed by atoms with E-state index >= 15 is 0 Å². The summed E-state index contributed by atoms with van der Waals surface area (Å²) in [4.78, 5) is 21.5. The molecule has 1 aliphatic heterocycles. The van der Waals surface area contributed by atoms with Crippen molar-refractivity contribution in [3.63, 3.8) is 0 Å². The Morgan fingerprint density at radius 2 is 1.69 bits per heavy atom. The number of rotatable bonds is 5. The summed E-state index contributed by atoms with van der Waals surface area (Å²) >= 11 is 0. The summed E-state index contributed by atoms with van der Waals surface area (Å²) in [5.41, 5.74) is 0.794. The topological polar surface area (TPSA) is 114 Å². The summed E-state index contributed by atoms with van der Waals surface area (Å²) in [6, 6.07) is 5.87. The van der Waals surface area contributed by atoms with Crippen molar-refractivity contribution < 1.29 is 17.9 Å². The van der Waals surface area contributed by atoms with Crippen LogP contribution < -0.4 is 14.9 Å². The van der Waals surface area contributed by atoms with E-state index in [-0.39, 0.29) is 16.5 Å². The molecular weight excluding hydrogens is 358 g/mol. The van der Waals surface area contributed by atoms with Crippen molar-refractivity contribution in [2.75, 3.05) is 41.2 Å². The zero-order chi connectivity index (χ0) is 18.6. The molecule has 0 aliphatic carbocycles. The quantitative estimate of drug-likeness (QED) is 0.801. The Morgan fingerprint density at radius 3 is 2.27 bits per heavy atom. The van der Waals surface area contributed by atoms with Crippen molar-refractivity contribution in [1.82, 2.24) is 9.97 Å². The first kappa shape index (κ1) is 18.1. The van der Waals surface area contributed by atoms with E-state index in [4.69, 9.17) is 4.74 Å². The highest BCUT2D eigenvalue weighted by Gasteiger charge is 2.17. The molecule has 2 N–H and O–H groups in total. The van der Waals surface area contributed by atoms with Gasteiger partial charge in [0.15, 0.2) is 0 Å². The fourth-order valence-electron chi connectivity index (χ4n) is 2.44. The maximum atomic E-state index is 12.4. The van der Waals surface area contributed by atoms with Crippen LogP contribution in [0.1, 0.15) is 6.92 Å². The Kier molecular flexibility index (Phi) is 5.33. The monoisotopic (exact) mass is 377 g/mol. The molecule has 2 heterocycles. The average molecular weight is 377 g/mol. The van der Waals surface area contributed by atoms with Crippen LogP contribution >= 0.6 is 0 Å². The minimum absolute atomic E-state index is 0.0730. The minimum atomic E-state index is -3.77. The molecule has 2 aromatic rings. The molecule has 0 spiro atoms. The zero-order valence-electron chi connectivity index (χ0n) is 14.2. The number of nitrogens with zero attached hydrogens (tertiary/aromatic N) is 3. The van der Waals surface area contributed by atoms with Crippen LogP contribution in [-0.4, -0.2) is 50.6 Å². The van der Waals surface area contributed by atoms with Crippen LogP contribution in [0.4, 0.5) is 17.3 Å². The van der Waals surface area contributed by atoms with Gasteiger partial charge in [-0.05, 0) is 24.3 Å². The molecule has 1 amide bonds. The van der Waals surface area contributed by atoms with E-state index in [1.807, 2.05) is 4.90 Å². The highest BCUT2D eigenvalue weighted by atomic mass is 32.2. The van der Waals surface area contributed by atoms with Gasteiger partial charge in [0.05, 0.1) is 36.2 Å². The second-order valence-corrected chi connectivity index (χ2v) is 7.36. The molecule has 1 saturated heterocycles. The summed E-state index contributed by atoms with van der Waals surface area (Å²) in [6.07, 6.45) is 2.86. The van der Waals surface area contributed by atoms with E-state index < -0.39 is 10.0 Å². The second kappa shape index (κ2) is 7.67. The number of aromatic nitrogens is 2. The van der Waals surface area contributed by atoms with Gasteiger partial charge in [0.2, 0.25) is 11.9 Å². The molecule has 26 heavy (non-hydrogen) atoms. The van der Waals surface area contributed by atoms with E-state index in [2.05, 4.69) is 20.0 Å². The van der Waals surface area contributed by atoms with Crippen LogP contribution in [0.15, 0.2) is 41.6 Å². The lowest BCUT2D eigenvalue weighted by atomic mass is 10.3. The number of anilines is 3. The van der Waals surface area contributed by atoms with Gasteiger partial charge in [0.25, 0.3) is 10.0 Å². The molecule has 1 aliphatic rings. The lowest BCUT2D eigenvalue weighted by Gasteiger charge is -2.26. The van der Waals surface area contributed by atoms with E-state index in [0.717, 1.165) is 0 Å². The molecule has 0 atom stereocenters. The van der Waals surface area contributed by atoms with Gasteiger partial charge >= 0.3 is 0 Å². The van der Waals surface area contributed by atoms with Crippen LogP contribution in [0.3, 0.4) is 0 Å². The maximum absolute atomic E-state index is 12.4. The number of amides is 1. The third kappa shape index (κ3) is 4.46. The summed E-state index contributed by atoms with van der Waals surface area (Å²) in [6.45, 7) is 4.02. The smallest absolute Gasteiger partial charge is 0.261 e. The summed E-state index contributed by atoms with van der Waals surface area (Å²) in [5, 5.41) is 2.58. The predicted molar refractivity (Wildman–Crippen MR) is 96.6 cm³/mol. The van der Waals surface area contributed by atoms with Crippen LogP contribution in [0.2, 0.25) is 0 Å². The van der Waals surface area contributed by atoms with Gasteiger partial charge in [-0.15, -0.1) is 0 Å². The number of ether oxygens (including phenoxy) is 1. The first-order valence-corrected chi connectivity index (χ1v) is 9.47. The highest BCUT2D eigenvalue weighted by molar-refractivity contribution is 7.92. The Morgan fingerprint density at radius 1 is 1.08 bits per heavy atom. The first-order chi connectivity index (χ1) is 12.4. The molecule has 1 aromatic carbocycles. The van der Waals surface area contributed by atoms with Gasteiger partial charge in [0.1, 0.15) is 0 Å². The molecule has 0 saturated carbocycles. The van der Waals surface area contributed by atoms with E-state index in [9.17, 15) is 13.2 Å². The number of carbonyl (C=O) groups is 1. The Labute approximate surface area is 151 Å². The maximum Gasteiger partial charge on any atom is 0.261 e. The van der Waals surface area contributed by atoms with Gasteiger partial charge < -0.3 is 15.0 Å². The fourth-order valence-corrected chi connectivity index (χ4v) is 3.46. The van der Waals surface area contributed by atoms with Crippen molar-refractivity contribution >= 4 is 33.3 Å². The molecule has 138 valence electrons. The highest BCUT2D eigenvalue weighted by Crippen LogP contribution is 2.18. The lowest BCUT2D eigenvalue weighted by Crippen LogP contribution is -2.37. The summed E-state index contributed by atoms with van der Waals surface area (Å²) in [5.74, 6) is 0.312. The molecule has 0 radical (unpaired) electrons. The summed E-state index contributed by atoms with van der Waals surface area (Å²) in [7, 11) is -3.77. The first-order valence-electron chi connectivity index (χ1n) is 7.99. The van der Waals surface area contributed by atoms with Crippen molar-refractivity contribution in [1.29, 1.82) is 0 Å². The molecule has 0 bridgehead atoms. The predicted octanol–water partition coefficient (Wildman–Crippen LogP) is 1.07. The van der Waals surface area contributed by atoms with Gasteiger partial charge in [0, 0.05) is 25.7 Å². The Hall–Kier alpha value is -2.72. The minimum Gasteiger partial charge on any atom is -0.378 e. The molecule has 9 nitrogen and oxygen atoms in total. The molecule has 1 fully saturated rings. The van der Waals surface area contributed by atoms with Gasteiger partial charge in [-0.3, -0.25) is 9.52 Å². The van der Waals surface area contributed by atoms with Crippen LogP contribution in [0.25, 0.3) is 0 Å². The molecule has 10 heteroatoms. The molecule has 0 unspecified atom stereocenters. The number of sulfonamides is 1. The van der Waals surface area contributed by atoms with Crippen molar-refractivity contribution in [3.8, 4) is 0 Å². The fraction of sp³-hybridized carbons (Fsp3) is 0.312. The van der Waals surface area contributed by atoms with Gasteiger partial charge in [-0.2, -0.15) is 0 Å². The average Bonchev–Trinajstić information content (AvgIpc) is 2.63. The molecule has 3 rings (SSSR count). The third-order valence-electron chi connectivity index (χ3n) is 3.67. The van der Waals surface area contributed by atoms with E-state index in [1.165, 1.54) is 43.6 Å². The van der Waals surface area contributed by atoms with Crippen molar-refractivity contribution in [2.24, 2.45) is 0 Å². The van der Waals surface area contributed by atoms with Crippen LogP contribution in [0, 0.1) is 0 Å². The second-order valence-electron chi connectivity index (χ2n) is 5.68. The van der Waals surface area contributed by atoms with E-state index in [1.54, 1.807) is 0 Å². The number of morpholine rings is 1. The van der Waals surface area contributed by atoms with E-state index in [0.29, 0.717) is 37.9 Å². The number of benzene rings is 1. The van der Waals surface area contributed by atoms with Gasteiger partial charge in [-0.1, -0.05) is 0 Å². The number of hydrogen-bond acceptors (Lipinski definition) is 7. The van der Waals surface area contributed by atoms with Crippen LogP contribution in [0.5, 0.6) is 0 Å².